The van der Waals surface area contributed by atoms with Gasteiger partial charge >= 0.3 is 6.09 Å². The van der Waals surface area contributed by atoms with Crippen molar-refractivity contribution >= 4 is 17.7 Å². The van der Waals surface area contributed by atoms with E-state index in [4.69, 9.17) is 17.3 Å². The molecule has 2 atom stereocenters. The van der Waals surface area contributed by atoms with Crippen molar-refractivity contribution in [1.29, 1.82) is 0 Å². The highest BCUT2D eigenvalue weighted by atomic mass is 35.5. The Morgan fingerprint density at radius 1 is 1.56 bits per heavy atom. The summed E-state index contributed by atoms with van der Waals surface area (Å²) in [4.78, 5) is 10.5. The summed E-state index contributed by atoms with van der Waals surface area (Å²) >= 11 is 5.97. The van der Waals surface area contributed by atoms with Crippen LogP contribution >= 0.6 is 11.6 Å². The highest BCUT2D eigenvalue weighted by molar-refractivity contribution is 6.31. The van der Waals surface area contributed by atoms with Gasteiger partial charge in [-0.25, -0.2) is 4.79 Å². The van der Waals surface area contributed by atoms with E-state index in [1.54, 1.807) is 19.1 Å². The predicted octanol–water partition coefficient (Wildman–Crippen LogP) is 2.17. The number of carbonyl (C=O) groups is 1. The first-order chi connectivity index (χ1) is 7.41. The van der Waals surface area contributed by atoms with E-state index in [1.807, 2.05) is 13.0 Å². The second-order valence-electron chi connectivity index (χ2n) is 3.61. The fourth-order valence-electron chi connectivity index (χ4n) is 1.37. The standard InChI is InChI=1S/C11H14ClNO3/c1-6-3-4-8(9(12)5-6)10(14)7(2)16-11(13)15/h3-5,7,10,14H,1-2H3,(H2,13,15). The van der Waals surface area contributed by atoms with E-state index in [-0.39, 0.29) is 0 Å². The average molecular weight is 244 g/mol. The van der Waals surface area contributed by atoms with Crippen molar-refractivity contribution in [2.24, 2.45) is 5.73 Å². The molecule has 1 aromatic carbocycles. The summed E-state index contributed by atoms with van der Waals surface area (Å²) in [5, 5.41) is 10.3. The molecule has 0 spiro atoms. The number of amides is 1. The number of aryl methyl sites for hydroxylation is 1. The summed E-state index contributed by atoms with van der Waals surface area (Å²) in [6, 6.07) is 5.25. The molecule has 0 fully saturated rings. The monoisotopic (exact) mass is 243 g/mol. The molecule has 0 bridgehead atoms. The van der Waals surface area contributed by atoms with Crippen molar-refractivity contribution in [1.82, 2.24) is 0 Å². The molecule has 1 rings (SSSR count). The lowest BCUT2D eigenvalue weighted by atomic mass is 10.0. The van der Waals surface area contributed by atoms with Gasteiger partial charge < -0.3 is 15.6 Å². The van der Waals surface area contributed by atoms with Gasteiger partial charge in [-0.2, -0.15) is 0 Å². The highest BCUT2D eigenvalue weighted by Crippen LogP contribution is 2.27. The molecule has 0 aliphatic heterocycles. The van der Waals surface area contributed by atoms with Crippen LogP contribution in [0.15, 0.2) is 18.2 Å². The van der Waals surface area contributed by atoms with Gasteiger partial charge in [0, 0.05) is 10.6 Å². The van der Waals surface area contributed by atoms with E-state index >= 15 is 0 Å². The second kappa shape index (κ2) is 5.18. The van der Waals surface area contributed by atoms with Gasteiger partial charge in [0.05, 0.1) is 0 Å². The van der Waals surface area contributed by atoms with Gasteiger partial charge in [-0.1, -0.05) is 23.7 Å². The van der Waals surface area contributed by atoms with Crippen LogP contribution in [0.2, 0.25) is 5.02 Å². The normalized spacial score (nSPS) is 14.2. The summed E-state index contributed by atoms with van der Waals surface area (Å²) in [7, 11) is 0. The lowest BCUT2D eigenvalue weighted by Gasteiger charge is -2.19. The third-order valence-corrected chi connectivity index (χ3v) is 2.55. The van der Waals surface area contributed by atoms with Crippen molar-refractivity contribution in [3.05, 3.63) is 34.3 Å². The number of aliphatic hydroxyl groups is 1. The quantitative estimate of drug-likeness (QED) is 0.855. The Bertz CT molecular complexity index is 395. The molecule has 0 aromatic heterocycles. The first-order valence-electron chi connectivity index (χ1n) is 4.82. The van der Waals surface area contributed by atoms with Gasteiger partial charge in [-0.3, -0.25) is 0 Å². The summed E-state index contributed by atoms with van der Waals surface area (Å²) in [6.07, 6.45) is -2.65. The molecular weight excluding hydrogens is 230 g/mol. The number of nitrogens with two attached hydrogens (primary N) is 1. The van der Waals surface area contributed by atoms with Gasteiger partial charge in [-0.05, 0) is 25.5 Å². The van der Waals surface area contributed by atoms with Crippen LogP contribution in [-0.4, -0.2) is 17.3 Å². The average Bonchev–Trinajstić information content (AvgIpc) is 2.15. The zero-order valence-electron chi connectivity index (χ0n) is 9.11. The minimum Gasteiger partial charge on any atom is -0.444 e. The van der Waals surface area contributed by atoms with E-state index in [0.29, 0.717) is 10.6 Å². The first kappa shape index (κ1) is 12.8. The summed E-state index contributed by atoms with van der Waals surface area (Å²) in [6.45, 7) is 3.44. The molecule has 0 saturated heterocycles. The fraction of sp³-hybridized carbons (Fsp3) is 0.364. The van der Waals surface area contributed by atoms with E-state index in [2.05, 4.69) is 4.74 Å². The Balaban J connectivity index is 2.87. The van der Waals surface area contributed by atoms with Gasteiger partial charge in [0.2, 0.25) is 0 Å². The minimum absolute atomic E-state index is 0.437. The molecule has 0 saturated carbocycles. The lowest BCUT2D eigenvalue weighted by Crippen LogP contribution is -2.26. The Hall–Kier alpha value is -1.26. The summed E-state index contributed by atoms with van der Waals surface area (Å²) in [5.41, 5.74) is 6.37. The maximum atomic E-state index is 10.5. The van der Waals surface area contributed by atoms with Crippen LogP contribution in [0.1, 0.15) is 24.2 Å². The van der Waals surface area contributed by atoms with E-state index in [1.165, 1.54) is 0 Å². The number of hydrogen-bond acceptors (Lipinski definition) is 3. The van der Waals surface area contributed by atoms with Gasteiger partial charge in [-0.15, -0.1) is 0 Å². The van der Waals surface area contributed by atoms with Crippen LogP contribution in [0, 0.1) is 6.92 Å². The maximum absolute atomic E-state index is 10.5. The number of halogens is 1. The molecule has 5 heteroatoms. The first-order valence-corrected chi connectivity index (χ1v) is 5.20. The Morgan fingerprint density at radius 3 is 2.69 bits per heavy atom. The summed E-state index contributed by atoms with van der Waals surface area (Å²) in [5.74, 6) is 0. The number of ether oxygens (including phenoxy) is 1. The van der Waals surface area contributed by atoms with Crippen LogP contribution in [0.3, 0.4) is 0 Å². The SMILES string of the molecule is Cc1ccc(C(O)C(C)OC(N)=O)c(Cl)c1. The molecule has 88 valence electrons. The topological polar surface area (TPSA) is 72.6 Å². The fourth-order valence-corrected chi connectivity index (χ4v) is 1.72. The molecule has 0 aliphatic rings. The van der Waals surface area contributed by atoms with Crippen LogP contribution in [-0.2, 0) is 4.74 Å². The molecular formula is C11H14ClNO3. The van der Waals surface area contributed by atoms with Crippen LogP contribution in [0.25, 0.3) is 0 Å². The van der Waals surface area contributed by atoms with Crippen LogP contribution < -0.4 is 5.73 Å². The third-order valence-electron chi connectivity index (χ3n) is 2.22. The number of aliphatic hydroxyl groups excluding tert-OH is 1. The van der Waals surface area contributed by atoms with Crippen molar-refractivity contribution in [3.63, 3.8) is 0 Å². The van der Waals surface area contributed by atoms with Gasteiger partial charge in [0.25, 0.3) is 0 Å². The molecule has 2 unspecified atom stereocenters. The van der Waals surface area contributed by atoms with Crippen molar-refractivity contribution in [3.8, 4) is 0 Å². The lowest BCUT2D eigenvalue weighted by molar-refractivity contribution is 0.0158. The number of benzene rings is 1. The molecule has 1 amide bonds. The van der Waals surface area contributed by atoms with Crippen molar-refractivity contribution < 1.29 is 14.6 Å². The predicted molar refractivity (Wildman–Crippen MR) is 61.3 cm³/mol. The Labute approximate surface area is 99.0 Å². The highest BCUT2D eigenvalue weighted by Gasteiger charge is 2.21. The number of hydrogen-bond donors (Lipinski definition) is 2. The molecule has 4 nitrogen and oxygen atoms in total. The van der Waals surface area contributed by atoms with Crippen LogP contribution in [0.5, 0.6) is 0 Å². The van der Waals surface area contributed by atoms with Gasteiger partial charge in [0.15, 0.2) is 0 Å². The molecule has 0 heterocycles. The van der Waals surface area contributed by atoms with E-state index < -0.39 is 18.3 Å². The molecule has 16 heavy (non-hydrogen) atoms. The molecule has 0 radical (unpaired) electrons. The zero-order valence-corrected chi connectivity index (χ0v) is 9.86. The van der Waals surface area contributed by atoms with E-state index in [0.717, 1.165) is 5.56 Å². The summed E-state index contributed by atoms with van der Waals surface area (Å²) < 4.78 is 4.68. The molecule has 3 N–H and O–H groups in total. The molecule has 0 aliphatic carbocycles. The smallest absolute Gasteiger partial charge is 0.404 e. The Morgan fingerprint density at radius 2 is 2.19 bits per heavy atom. The number of carbonyl (C=O) groups excluding carboxylic acids is 1. The maximum Gasteiger partial charge on any atom is 0.404 e. The second-order valence-corrected chi connectivity index (χ2v) is 4.02. The van der Waals surface area contributed by atoms with Crippen LogP contribution in [0.4, 0.5) is 4.79 Å². The van der Waals surface area contributed by atoms with Crippen molar-refractivity contribution in [2.75, 3.05) is 0 Å². The number of rotatable bonds is 3. The third kappa shape index (κ3) is 3.12. The Kier molecular flexibility index (Phi) is 4.15. The minimum atomic E-state index is -0.986. The van der Waals surface area contributed by atoms with Crippen molar-refractivity contribution in [2.45, 2.75) is 26.1 Å². The largest absolute Gasteiger partial charge is 0.444 e. The van der Waals surface area contributed by atoms with E-state index in [9.17, 15) is 9.90 Å². The van der Waals surface area contributed by atoms with Gasteiger partial charge in [0.1, 0.15) is 12.2 Å². The zero-order chi connectivity index (χ0) is 12.3. The number of primary amides is 1. The molecule has 1 aromatic rings.